The fourth-order valence-electron chi connectivity index (χ4n) is 10.4. The molecule has 2 saturated heterocycles. The maximum absolute atomic E-state index is 12.9. The van der Waals surface area contributed by atoms with Gasteiger partial charge in [-0.2, -0.15) is 9.90 Å². The summed E-state index contributed by atoms with van der Waals surface area (Å²) < 4.78 is 40.5. The number of aromatic nitrogens is 6. The number of esters is 1. The van der Waals surface area contributed by atoms with Gasteiger partial charge in [-0.25, -0.2) is 24.0 Å². The first-order valence-corrected chi connectivity index (χ1v) is 32.5. The Hall–Kier alpha value is -9.86. The van der Waals surface area contributed by atoms with Crippen LogP contribution < -0.4 is 33.0 Å². The van der Waals surface area contributed by atoms with E-state index in [-0.39, 0.29) is 101 Å². The number of aryl methyl sites for hydroxylation is 3. The largest absolute Gasteiger partial charge is 0.460 e. The molecular formula is C72H92BrFN11O15P. The number of halogens is 2. The Morgan fingerprint density at radius 3 is 1.42 bits per heavy atom. The molecule has 3 aliphatic rings. The molecule has 6 amide bonds. The van der Waals surface area contributed by atoms with Gasteiger partial charge >= 0.3 is 35.2 Å². The predicted molar refractivity (Wildman–Crippen MR) is 391 cm³/mol. The molecular weight excluding hydrogens is 1390 g/mol. The van der Waals surface area contributed by atoms with Gasteiger partial charge in [0.05, 0.1) is 91.3 Å². The summed E-state index contributed by atoms with van der Waals surface area (Å²) in [5, 5.41) is 7.54. The van der Waals surface area contributed by atoms with Crippen molar-refractivity contribution >= 4 is 112 Å². The van der Waals surface area contributed by atoms with E-state index >= 15 is 0 Å². The predicted octanol–water partition coefficient (Wildman–Crippen LogP) is 7.26. The zero-order chi connectivity index (χ0) is 76.0. The number of ether oxygens (including phenoxy) is 3. The minimum absolute atomic E-state index is 0. The van der Waals surface area contributed by atoms with Crippen LogP contribution in [0.5, 0.6) is 0 Å². The molecule has 3 fully saturated rings. The number of Topliss-reactive ketones (excluding diaryl/α,β-unsaturated/α-hetero) is 2. The number of para-hydroxylation sites is 3. The molecule has 29 heteroatoms. The minimum atomic E-state index is -1.00. The van der Waals surface area contributed by atoms with Crippen LogP contribution in [-0.4, -0.2) is 155 Å². The number of hydrogen-bond acceptors (Lipinski definition) is 16. The highest BCUT2D eigenvalue weighted by atomic mass is 79.9. The van der Waals surface area contributed by atoms with E-state index in [9.17, 15) is 61.9 Å². The number of piperidine rings is 2. The maximum atomic E-state index is 12.9. The van der Waals surface area contributed by atoms with Gasteiger partial charge in [0.1, 0.15) is 34.7 Å². The van der Waals surface area contributed by atoms with Crippen molar-refractivity contribution in [2.24, 2.45) is 21.1 Å². The second-order valence-electron chi connectivity index (χ2n) is 26.1. The number of rotatable bonds is 8. The molecule has 544 valence electrons. The van der Waals surface area contributed by atoms with Crippen LogP contribution in [0.25, 0.3) is 33.1 Å². The van der Waals surface area contributed by atoms with Gasteiger partial charge in [-0.3, -0.25) is 76.0 Å². The van der Waals surface area contributed by atoms with Crippen LogP contribution in [0, 0.1) is 48.4 Å². The summed E-state index contributed by atoms with van der Waals surface area (Å²) in [5.74, 6) is 14.7. The third kappa shape index (κ3) is 23.6. The second-order valence-corrected chi connectivity index (χ2v) is 26.9. The van der Waals surface area contributed by atoms with Crippen LogP contribution in [0.4, 0.5) is 14.0 Å². The Labute approximate surface area is 599 Å². The molecule has 1 aliphatic carbocycles. The number of terminal acetylenes is 2. The fraction of sp³-hybridized carbons (Fsp3) is 0.472. The van der Waals surface area contributed by atoms with Gasteiger partial charge in [-0.05, 0) is 141 Å². The number of carbonyl (C=O) groups is 9. The molecule has 2 aliphatic heterocycles. The Morgan fingerprint density at radius 1 is 0.614 bits per heavy atom. The average molecular weight is 1480 g/mol. The number of alkyl halides is 1. The van der Waals surface area contributed by atoms with Gasteiger partial charge in [-0.1, -0.05) is 47.8 Å². The molecule has 6 aromatic rings. The van der Waals surface area contributed by atoms with Crippen LogP contribution in [0.15, 0.2) is 73.5 Å². The summed E-state index contributed by atoms with van der Waals surface area (Å²) in [6.45, 7) is 17.3. The summed E-state index contributed by atoms with van der Waals surface area (Å²) in [5.41, 5.74) is 2.98. The lowest BCUT2D eigenvalue weighted by atomic mass is 9.93. The summed E-state index contributed by atoms with van der Waals surface area (Å²) in [4.78, 5) is 146. The molecule has 4 atom stereocenters. The monoisotopic (exact) mass is 1480 g/mol. The molecule has 9 rings (SSSR count). The van der Waals surface area contributed by atoms with Crippen molar-refractivity contribution in [3.63, 3.8) is 0 Å². The molecule has 1 saturated carbocycles. The number of benzene rings is 3. The number of nitrogens with zero attached hydrogens (tertiary/aromatic N) is 8. The van der Waals surface area contributed by atoms with Gasteiger partial charge in [0.25, 0.3) is 0 Å². The third-order valence-electron chi connectivity index (χ3n) is 14.7. The lowest BCUT2D eigenvalue weighted by molar-refractivity contribution is -0.154. The van der Waals surface area contributed by atoms with Crippen molar-refractivity contribution in [3.05, 3.63) is 102 Å². The van der Waals surface area contributed by atoms with Crippen molar-refractivity contribution in [2.45, 2.75) is 155 Å². The van der Waals surface area contributed by atoms with E-state index in [0.717, 1.165) is 21.1 Å². The van der Waals surface area contributed by atoms with Crippen LogP contribution in [0.3, 0.4) is 0 Å². The van der Waals surface area contributed by atoms with E-state index in [1.807, 2.05) is 78.9 Å². The number of imide groups is 2. The van der Waals surface area contributed by atoms with E-state index in [2.05, 4.69) is 67.4 Å². The number of fused-ring (bicyclic) bond motifs is 3. The van der Waals surface area contributed by atoms with Crippen LogP contribution >= 0.6 is 25.8 Å². The summed E-state index contributed by atoms with van der Waals surface area (Å²) in [6, 6.07) is 14.3. The zero-order valence-corrected chi connectivity index (χ0v) is 62.9. The van der Waals surface area contributed by atoms with Crippen molar-refractivity contribution in [2.75, 3.05) is 47.9 Å². The molecule has 0 bridgehead atoms. The first kappa shape index (κ1) is 83.6. The number of imidazole rings is 3. The molecule has 5 heterocycles. The normalized spacial score (nSPS) is 15.7. The topological polar surface area (TPSA) is 305 Å². The first-order chi connectivity index (χ1) is 47.3. The second kappa shape index (κ2) is 38.1. The van der Waals surface area contributed by atoms with E-state index in [4.69, 9.17) is 28.4 Å². The number of amides is 6. The van der Waals surface area contributed by atoms with Gasteiger partial charge in [0.2, 0.25) is 23.6 Å². The van der Waals surface area contributed by atoms with Crippen molar-refractivity contribution in [1.82, 2.24) is 53.2 Å². The molecule has 26 nitrogen and oxygen atoms in total. The molecule has 3 N–H and O–H groups in total. The van der Waals surface area contributed by atoms with Crippen LogP contribution in [0.2, 0.25) is 0 Å². The van der Waals surface area contributed by atoms with Gasteiger partial charge < -0.3 is 29.3 Å². The highest BCUT2D eigenvalue weighted by Gasteiger charge is 2.35. The van der Waals surface area contributed by atoms with E-state index in [0.29, 0.717) is 66.3 Å². The van der Waals surface area contributed by atoms with Gasteiger partial charge in [0, 0.05) is 65.4 Å². The van der Waals surface area contributed by atoms with Crippen molar-refractivity contribution in [1.29, 1.82) is 0 Å². The van der Waals surface area contributed by atoms with E-state index in [1.54, 1.807) is 80.3 Å². The van der Waals surface area contributed by atoms with Crippen LogP contribution in [0.1, 0.15) is 151 Å². The molecule has 0 spiro atoms. The number of nitrogens with one attached hydrogen (secondary N) is 3. The Balaban J connectivity index is 0.000000343. The molecule has 3 aromatic heterocycles. The van der Waals surface area contributed by atoms with E-state index in [1.165, 1.54) is 37.2 Å². The SMILES string of the molecule is C#CCCC(=O)OC(C)(C)C.C#CCN(C)C(=O)OC(C)(C)C.CN(CC#Cc1cccc2c1n(C)c(=O)n2C1CCC(=O)NC1=O)C(=O)OC(C)(C)C.CNCC#Cc1cccc2c1n(C)c(=O)n2C1CCC(=O)NC1=O.Cn1c(=O)n(C2CCC(=O)CC2=O)c2cccc(Br)c21.P.[2H]CF. The Morgan fingerprint density at radius 2 is 1.01 bits per heavy atom. The molecule has 101 heavy (non-hydrogen) atoms. The zero-order valence-electron chi connectivity index (χ0n) is 60.9. The highest BCUT2D eigenvalue weighted by Crippen LogP contribution is 2.30. The number of carbonyl (C=O) groups excluding carboxylic acids is 9. The summed E-state index contributed by atoms with van der Waals surface area (Å²) in [7, 11) is 8.97. The molecule has 4 unspecified atom stereocenters. The Bertz CT molecular complexity index is 4510. The number of hydrogen-bond donors (Lipinski definition) is 3. The summed E-state index contributed by atoms with van der Waals surface area (Å²) in [6.07, 6.45) is 11.6. The summed E-state index contributed by atoms with van der Waals surface area (Å²) >= 11 is 3.43. The highest BCUT2D eigenvalue weighted by molar-refractivity contribution is 9.10. The third-order valence-corrected chi connectivity index (χ3v) is 15.4. The first-order valence-electron chi connectivity index (χ1n) is 32.4. The smallest absolute Gasteiger partial charge is 0.410 e. The quantitative estimate of drug-likeness (QED) is 0.0337. The minimum Gasteiger partial charge on any atom is -0.460 e. The Kier molecular flexibility index (Phi) is 31.5. The molecule has 0 radical (unpaired) electrons. The van der Waals surface area contributed by atoms with E-state index < -0.39 is 60.0 Å². The van der Waals surface area contributed by atoms with Gasteiger partial charge in [0.15, 0.2) is 5.78 Å². The van der Waals surface area contributed by atoms with Gasteiger partial charge in [-0.15, -0.1) is 18.8 Å². The molecule has 3 aromatic carbocycles. The maximum Gasteiger partial charge on any atom is 0.410 e. The van der Waals surface area contributed by atoms with Crippen molar-refractivity contribution in [3.8, 4) is 48.4 Å². The van der Waals surface area contributed by atoms with Crippen molar-refractivity contribution < 1.29 is 63.1 Å². The number of ketones is 2. The average Bonchev–Trinajstić information content (AvgIpc) is 1.62. The standard InChI is InChI=1S/C22H26N4O5.C17H18N4O3.C14H13BrN2O3.C9H15NO2.C9H14O2.CH3F.H3P/c1-22(2,3)31-21(30)24(4)13-7-9-14-8-6-10-15-18(14)25(5)20(29)26(15)16-11-12-17(27)23-19(16)28;1-18-10-4-6-11-5-3-7-12-15(11)20(2)17(24)21(12)13-8-9-14(22)19-16(13)23;1-16-13-9(15)3-2-4-11(13)17(14(16)20)10-6-5-8(18)7-12(10)19;1-6-7-10(5)8(11)12-9(2,3)4;1-5-6-7-8(10)11-9(2,3)4;1-2;/h6,8,10,16H,11-13H2,1-5H3,(H,23,27,28);3,5,7,13,18H,8-10H2,1-2H3,(H,19,22,23);2-4,10H,5-7H2,1H3;1H,7H2,2-5H3;1H,6-7H2,2-4H3;1H3;1H3/i;;;;;1D;. The fourth-order valence-corrected chi connectivity index (χ4v) is 11.0. The lowest BCUT2D eigenvalue weighted by Gasteiger charge is -2.23. The lowest BCUT2D eigenvalue weighted by Crippen LogP contribution is -2.44. The van der Waals surface area contributed by atoms with Crippen LogP contribution in [-0.2, 0) is 68.9 Å².